The molecule has 0 aliphatic rings. The van der Waals surface area contributed by atoms with Crippen LogP contribution in [0.3, 0.4) is 0 Å². The molecule has 0 saturated heterocycles. The molecule has 0 aliphatic carbocycles. The molecule has 2 nitrogen and oxygen atoms in total. The molecule has 1 atom stereocenters. The summed E-state index contributed by atoms with van der Waals surface area (Å²) >= 11 is 8.31. The third kappa shape index (κ3) is 2.72. The summed E-state index contributed by atoms with van der Waals surface area (Å²) in [5.74, 6) is 0.795. The highest BCUT2D eigenvalue weighted by Gasteiger charge is 2.14. The van der Waals surface area contributed by atoms with Crippen LogP contribution in [0.1, 0.15) is 16.7 Å². The minimum absolute atomic E-state index is 0.506. The van der Waals surface area contributed by atoms with Crippen molar-refractivity contribution in [2.24, 2.45) is 0 Å². The average Bonchev–Trinajstić information content (AvgIpc) is 2.78. The van der Waals surface area contributed by atoms with E-state index >= 15 is 0 Å². The number of aliphatic hydroxyl groups excluding tert-OH is 1. The lowest BCUT2D eigenvalue weighted by Gasteiger charge is -2.05. The second kappa shape index (κ2) is 4.82. The molecule has 0 saturated carbocycles. The highest BCUT2D eigenvalue weighted by atomic mass is 79.9. The van der Waals surface area contributed by atoms with Gasteiger partial charge in [0.1, 0.15) is 5.76 Å². The topological polar surface area (TPSA) is 33.4 Å². The third-order valence-corrected chi connectivity index (χ3v) is 5.32. The van der Waals surface area contributed by atoms with Crippen LogP contribution in [0.5, 0.6) is 0 Å². The van der Waals surface area contributed by atoms with E-state index in [1.165, 1.54) is 11.3 Å². The standard InChI is InChI=1S/C10H8Br2O2S/c11-7-5-9(15-10(7)12)8(13)4-6-2-1-3-14-6/h1-3,5,8,13H,4H2. The lowest BCUT2D eigenvalue weighted by Crippen LogP contribution is -1.97. The fourth-order valence-electron chi connectivity index (χ4n) is 1.25. The summed E-state index contributed by atoms with van der Waals surface area (Å²) in [6.45, 7) is 0. The predicted molar refractivity (Wildman–Crippen MR) is 67.1 cm³/mol. The molecular weight excluding hydrogens is 344 g/mol. The fraction of sp³-hybridized carbons (Fsp3) is 0.200. The summed E-state index contributed by atoms with van der Waals surface area (Å²) < 4.78 is 7.15. The van der Waals surface area contributed by atoms with Crippen molar-refractivity contribution in [1.82, 2.24) is 0 Å². The Bertz CT molecular complexity index is 417. The van der Waals surface area contributed by atoms with E-state index in [1.54, 1.807) is 6.26 Å². The molecule has 80 valence electrons. The van der Waals surface area contributed by atoms with Gasteiger partial charge in [-0.15, -0.1) is 11.3 Å². The lowest BCUT2D eigenvalue weighted by molar-refractivity contribution is 0.174. The van der Waals surface area contributed by atoms with Crippen molar-refractivity contribution < 1.29 is 9.52 Å². The maximum Gasteiger partial charge on any atom is 0.106 e. The summed E-state index contributed by atoms with van der Waals surface area (Å²) in [4.78, 5) is 0.921. The second-order valence-corrected chi connectivity index (χ2v) is 6.33. The van der Waals surface area contributed by atoms with Crippen molar-refractivity contribution in [2.75, 3.05) is 0 Å². The molecule has 0 radical (unpaired) electrons. The number of halogens is 2. The van der Waals surface area contributed by atoms with Crippen LogP contribution in [0.15, 0.2) is 37.1 Å². The highest BCUT2D eigenvalue weighted by Crippen LogP contribution is 2.36. The first-order valence-corrected chi connectivity index (χ1v) is 6.72. The Morgan fingerprint density at radius 1 is 1.47 bits per heavy atom. The minimum atomic E-state index is -0.510. The van der Waals surface area contributed by atoms with Crippen molar-refractivity contribution >= 4 is 43.2 Å². The van der Waals surface area contributed by atoms with E-state index in [4.69, 9.17) is 4.42 Å². The van der Waals surface area contributed by atoms with Gasteiger partial charge in [-0.3, -0.25) is 0 Å². The maximum absolute atomic E-state index is 9.94. The Labute approximate surface area is 108 Å². The van der Waals surface area contributed by atoms with E-state index in [0.29, 0.717) is 6.42 Å². The van der Waals surface area contributed by atoms with Crippen molar-refractivity contribution in [2.45, 2.75) is 12.5 Å². The van der Waals surface area contributed by atoms with Gasteiger partial charge < -0.3 is 9.52 Å². The van der Waals surface area contributed by atoms with E-state index in [1.807, 2.05) is 18.2 Å². The number of hydrogen-bond acceptors (Lipinski definition) is 3. The maximum atomic E-state index is 9.94. The Kier molecular flexibility index (Phi) is 3.66. The van der Waals surface area contributed by atoms with E-state index in [9.17, 15) is 5.11 Å². The molecule has 0 bridgehead atoms. The molecule has 0 spiro atoms. The van der Waals surface area contributed by atoms with Crippen LogP contribution in [0, 0.1) is 0 Å². The second-order valence-electron chi connectivity index (χ2n) is 3.07. The van der Waals surface area contributed by atoms with Crippen molar-refractivity contribution in [3.8, 4) is 0 Å². The van der Waals surface area contributed by atoms with Gasteiger partial charge in [-0.05, 0) is 50.1 Å². The Morgan fingerprint density at radius 2 is 2.27 bits per heavy atom. The molecule has 0 fully saturated rings. The summed E-state index contributed by atoms with van der Waals surface area (Å²) in [5.41, 5.74) is 0. The quantitative estimate of drug-likeness (QED) is 0.901. The molecule has 15 heavy (non-hydrogen) atoms. The molecule has 0 amide bonds. The van der Waals surface area contributed by atoms with E-state index < -0.39 is 6.10 Å². The zero-order valence-electron chi connectivity index (χ0n) is 7.61. The van der Waals surface area contributed by atoms with Crippen molar-refractivity contribution in [3.05, 3.63) is 43.4 Å². The smallest absolute Gasteiger partial charge is 0.106 e. The summed E-state index contributed by atoms with van der Waals surface area (Å²) in [6, 6.07) is 5.60. The van der Waals surface area contributed by atoms with E-state index in [-0.39, 0.29) is 0 Å². The number of rotatable bonds is 3. The Morgan fingerprint density at radius 3 is 2.80 bits per heavy atom. The van der Waals surface area contributed by atoms with Crippen LogP contribution in [0.4, 0.5) is 0 Å². The molecule has 5 heteroatoms. The Hall–Kier alpha value is -0.1000. The summed E-state index contributed by atoms with van der Waals surface area (Å²) in [5, 5.41) is 9.94. The molecule has 2 aromatic heterocycles. The minimum Gasteiger partial charge on any atom is -0.469 e. The van der Waals surface area contributed by atoms with Gasteiger partial charge in [0.25, 0.3) is 0 Å². The van der Waals surface area contributed by atoms with Crippen LogP contribution in [0.25, 0.3) is 0 Å². The molecule has 0 aliphatic heterocycles. The van der Waals surface area contributed by atoms with Crippen LogP contribution in [-0.2, 0) is 6.42 Å². The van der Waals surface area contributed by atoms with Gasteiger partial charge in [-0.1, -0.05) is 0 Å². The van der Waals surface area contributed by atoms with Gasteiger partial charge in [-0.25, -0.2) is 0 Å². The normalized spacial score (nSPS) is 13.0. The fourth-order valence-corrected chi connectivity index (χ4v) is 3.32. The number of furan rings is 1. The van der Waals surface area contributed by atoms with Gasteiger partial charge in [0, 0.05) is 15.8 Å². The first-order valence-electron chi connectivity index (χ1n) is 4.32. The number of aliphatic hydroxyl groups is 1. The van der Waals surface area contributed by atoms with Gasteiger partial charge in [0.05, 0.1) is 16.2 Å². The molecule has 2 heterocycles. The van der Waals surface area contributed by atoms with Crippen molar-refractivity contribution in [3.63, 3.8) is 0 Å². The first kappa shape index (κ1) is 11.4. The van der Waals surface area contributed by atoms with Gasteiger partial charge in [0.2, 0.25) is 0 Å². The average molecular weight is 352 g/mol. The first-order chi connectivity index (χ1) is 7.16. The zero-order valence-corrected chi connectivity index (χ0v) is 11.6. The SMILES string of the molecule is OC(Cc1ccco1)c1cc(Br)c(Br)s1. The lowest BCUT2D eigenvalue weighted by atomic mass is 10.2. The van der Waals surface area contributed by atoms with Crippen molar-refractivity contribution in [1.29, 1.82) is 0 Å². The zero-order chi connectivity index (χ0) is 10.8. The predicted octanol–water partition coefficient (Wildman–Crippen LogP) is 4.14. The molecule has 1 unspecified atom stereocenters. The molecule has 2 rings (SSSR count). The van der Waals surface area contributed by atoms with Gasteiger partial charge >= 0.3 is 0 Å². The summed E-state index contributed by atoms with van der Waals surface area (Å²) in [6.07, 6.45) is 1.61. The Balaban J connectivity index is 2.11. The van der Waals surface area contributed by atoms with Gasteiger partial charge in [0.15, 0.2) is 0 Å². The monoisotopic (exact) mass is 350 g/mol. The van der Waals surface area contributed by atoms with Crippen LogP contribution < -0.4 is 0 Å². The van der Waals surface area contributed by atoms with E-state index in [2.05, 4.69) is 31.9 Å². The van der Waals surface area contributed by atoms with Crippen LogP contribution in [0.2, 0.25) is 0 Å². The highest BCUT2D eigenvalue weighted by molar-refractivity contribution is 9.13. The number of hydrogen-bond donors (Lipinski definition) is 1. The van der Waals surface area contributed by atoms with Crippen LogP contribution in [-0.4, -0.2) is 5.11 Å². The largest absolute Gasteiger partial charge is 0.469 e. The molecule has 0 aromatic carbocycles. The molecular formula is C10H8Br2O2S. The van der Waals surface area contributed by atoms with E-state index in [0.717, 1.165) is 18.9 Å². The molecule has 1 N–H and O–H groups in total. The summed E-state index contributed by atoms with van der Waals surface area (Å²) in [7, 11) is 0. The molecule has 2 aromatic rings. The third-order valence-electron chi connectivity index (χ3n) is 1.97. The number of thiophene rings is 1. The van der Waals surface area contributed by atoms with Gasteiger partial charge in [-0.2, -0.15) is 0 Å². The van der Waals surface area contributed by atoms with Crippen LogP contribution >= 0.6 is 43.2 Å².